The SMILES string of the molecule is C=CCC(/C=C/C)CCCCCC=CCOC(=O)CN. The van der Waals surface area contributed by atoms with Gasteiger partial charge in [0, 0.05) is 0 Å². The van der Waals surface area contributed by atoms with Crippen molar-refractivity contribution in [3.05, 3.63) is 37.0 Å². The fourth-order valence-corrected chi connectivity index (χ4v) is 2.01. The Morgan fingerprint density at radius 2 is 2.10 bits per heavy atom. The van der Waals surface area contributed by atoms with E-state index in [1.54, 1.807) is 0 Å². The molecule has 0 heterocycles. The van der Waals surface area contributed by atoms with Crippen molar-refractivity contribution in [2.24, 2.45) is 11.7 Å². The van der Waals surface area contributed by atoms with Gasteiger partial charge >= 0.3 is 5.97 Å². The molecule has 0 rings (SSSR count). The number of hydrogen-bond donors (Lipinski definition) is 1. The van der Waals surface area contributed by atoms with Crippen LogP contribution in [0.25, 0.3) is 0 Å². The first-order valence-electron chi connectivity index (χ1n) is 7.49. The summed E-state index contributed by atoms with van der Waals surface area (Å²) < 4.78 is 4.84. The van der Waals surface area contributed by atoms with Gasteiger partial charge in [-0.2, -0.15) is 0 Å². The average molecular weight is 279 g/mol. The van der Waals surface area contributed by atoms with Crippen LogP contribution < -0.4 is 5.73 Å². The monoisotopic (exact) mass is 279 g/mol. The molecule has 0 amide bonds. The Kier molecular flexibility index (Phi) is 13.1. The lowest BCUT2D eigenvalue weighted by atomic mass is 9.97. The lowest BCUT2D eigenvalue weighted by molar-refractivity contribution is -0.140. The predicted octanol–water partition coefficient (Wildman–Crippen LogP) is 3.76. The molecule has 114 valence electrons. The summed E-state index contributed by atoms with van der Waals surface area (Å²) in [5.74, 6) is 0.288. The van der Waals surface area contributed by atoms with Crippen LogP contribution in [0, 0.1) is 5.92 Å². The summed E-state index contributed by atoms with van der Waals surface area (Å²) in [6, 6.07) is 0. The van der Waals surface area contributed by atoms with Crippen LogP contribution in [0.15, 0.2) is 37.0 Å². The molecule has 3 heteroatoms. The Bertz CT molecular complexity index is 308. The maximum absolute atomic E-state index is 10.8. The van der Waals surface area contributed by atoms with E-state index in [2.05, 4.69) is 31.7 Å². The maximum Gasteiger partial charge on any atom is 0.320 e. The van der Waals surface area contributed by atoms with E-state index in [-0.39, 0.29) is 12.5 Å². The van der Waals surface area contributed by atoms with Gasteiger partial charge in [0.1, 0.15) is 6.61 Å². The molecular weight excluding hydrogens is 250 g/mol. The van der Waals surface area contributed by atoms with E-state index in [4.69, 9.17) is 10.5 Å². The molecule has 0 aromatic carbocycles. The molecule has 0 bridgehead atoms. The summed E-state index contributed by atoms with van der Waals surface area (Å²) in [5, 5.41) is 0. The zero-order chi connectivity index (χ0) is 15.1. The van der Waals surface area contributed by atoms with E-state index in [0.717, 1.165) is 12.8 Å². The molecule has 0 spiro atoms. The van der Waals surface area contributed by atoms with E-state index in [1.165, 1.54) is 25.7 Å². The fraction of sp³-hybridized carbons (Fsp3) is 0.588. The minimum atomic E-state index is -0.355. The minimum absolute atomic E-state index is 0.0497. The van der Waals surface area contributed by atoms with Crippen LogP contribution in [-0.4, -0.2) is 19.1 Å². The molecule has 0 aromatic rings. The molecule has 0 saturated heterocycles. The second kappa shape index (κ2) is 14.1. The van der Waals surface area contributed by atoms with E-state index in [1.807, 2.05) is 12.2 Å². The van der Waals surface area contributed by atoms with E-state index in [9.17, 15) is 4.79 Å². The van der Waals surface area contributed by atoms with Gasteiger partial charge in [-0.3, -0.25) is 4.79 Å². The molecule has 1 atom stereocenters. The van der Waals surface area contributed by atoms with Crippen molar-refractivity contribution in [1.29, 1.82) is 0 Å². The van der Waals surface area contributed by atoms with Gasteiger partial charge in [0.05, 0.1) is 6.54 Å². The van der Waals surface area contributed by atoms with Crippen molar-refractivity contribution in [3.63, 3.8) is 0 Å². The van der Waals surface area contributed by atoms with Crippen molar-refractivity contribution in [1.82, 2.24) is 0 Å². The Balaban J connectivity index is 3.49. The van der Waals surface area contributed by atoms with Crippen LogP contribution in [-0.2, 0) is 9.53 Å². The maximum atomic E-state index is 10.8. The van der Waals surface area contributed by atoms with Gasteiger partial charge in [0.2, 0.25) is 0 Å². The molecule has 0 aliphatic heterocycles. The number of ether oxygens (including phenoxy) is 1. The van der Waals surface area contributed by atoms with Crippen molar-refractivity contribution < 1.29 is 9.53 Å². The number of carbonyl (C=O) groups is 1. The van der Waals surface area contributed by atoms with Crippen LogP contribution in [0.1, 0.15) is 45.4 Å². The van der Waals surface area contributed by atoms with Crippen molar-refractivity contribution in [2.75, 3.05) is 13.2 Å². The molecule has 0 saturated carbocycles. The van der Waals surface area contributed by atoms with Crippen molar-refractivity contribution >= 4 is 5.97 Å². The van der Waals surface area contributed by atoms with Crippen LogP contribution in [0.4, 0.5) is 0 Å². The third kappa shape index (κ3) is 11.7. The summed E-state index contributed by atoms with van der Waals surface area (Å²) in [6.07, 6.45) is 17.3. The van der Waals surface area contributed by atoms with E-state index in [0.29, 0.717) is 12.5 Å². The van der Waals surface area contributed by atoms with Crippen LogP contribution in [0.5, 0.6) is 0 Å². The van der Waals surface area contributed by atoms with Crippen molar-refractivity contribution in [3.8, 4) is 0 Å². The van der Waals surface area contributed by atoms with Gasteiger partial charge in [0.25, 0.3) is 0 Å². The summed E-state index contributed by atoms with van der Waals surface area (Å²) in [5.41, 5.74) is 5.13. The number of esters is 1. The zero-order valence-corrected chi connectivity index (χ0v) is 12.7. The zero-order valence-electron chi connectivity index (χ0n) is 12.7. The second-order valence-corrected chi connectivity index (χ2v) is 4.81. The van der Waals surface area contributed by atoms with Gasteiger partial charge in [0.15, 0.2) is 0 Å². The summed E-state index contributed by atoms with van der Waals surface area (Å²) >= 11 is 0. The van der Waals surface area contributed by atoms with E-state index < -0.39 is 0 Å². The highest BCUT2D eigenvalue weighted by Gasteiger charge is 2.01. The Morgan fingerprint density at radius 3 is 2.75 bits per heavy atom. The molecule has 2 N–H and O–H groups in total. The highest BCUT2D eigenvalue weighted by Crippen LogP contribution is 2.16. The molecule has 0 fully saturated rings. The molecular formula is C17H29NO2. The van der Waals surface area contributed by atoms with Gasteiger partial charge in [-0.05, 0) is 38.5 Å². The number of nitrogens with two attached hydrogens (primary N) is 1. The molecule has 0 aromatic heterocycles. The van der Waals surface area contributed by atoms with Gasteiger partial charge in [-0.15, -0.1) is 6.58 Å². The quantitative estimate of drug-likeness (QED) is 0.336. The lowest BCUT2D eigenvalue weighted by Crippen LogP contribution is -2.16. The Labute approximate surface area is 123 Å². The number of carbonyl (C=O) groups excluding carboxylic acids is 1. The summed E-state index contributed by atoms with van der Waals surface area (Å²) in [4.78, 5) is 10.8. The highest BCUT2D eigenvalue weighted by atomic mass is 16.5. The van der Waals surface area contributed by atoms with Gasteiger partial charge < -0.3 is 10.5 Å². The number of allylic oxidation sites excluding steroid dienone is 4. The molecule has 1 unspecified atom stereocenters. The van der Waals surface area contributed by atoms with Crippen LogP contribution in [0.3, 0.4) is 0 Å². The Hall–Kier alpha value is -1.35. The van der Waals surface area contributed by atoms with Crippen LogP contribution >= 0.6 is 0 Å². The first-order chi connectivity index (χ1) is 9.74. The fourth-order valence-electron chi connectivity index (χ4n) is 2.01. The Morgan fingerprint density at radius 1 is 1.30 bits per heavy atom. The third-order valence-corrected chi connectivity index (χ3v) is 3.05. The largest absolute Gasteiger partial charge is 0.461 e. The van der Waals surface area contributed by atoms with Crippen LogP contribution in [0.2, 0.25) is 0 Å². The van der Waals surface area contributed by atoms with Gasteiger partial charge in [-0.25, -0.2) is 0 Å². The normalized spacial score (nSPS) is 12.9. The molecule has 20 heavy (non-hydrogen) atoms. The standard InChI is InChI=1S/C17H29NO2/c1-3-11-16(12-4-2)13-9-7-5-6-8-10-14-20-17(19)15-18/h3-4,8,10,12,16H,1,5-7,9,11,13-15,18H2,2H3/b10-8?,12-4+. The smallest absolute Gasteiger partial charge is 0.320 e. The summed E-state index contributed by atoms with van der Waals surface area (Å²) in [6.45, 7) is 6.15. The number of rotatable bonds is 12. The molecule has 3 nitrogen and oxygen atoms in total. The average Bonchev–Trinajstić information content (AvgIpc) is 2.45. The number of hydrogen-bond acceptors (Lipinski definition) is 3. The molecule has 0 radical (unpaired) electrons. The molecule has 0 aliphatic rings. The first-order valence-corrected chi connectivity index (χ1v) is 7.49. The minimum Gasteiger partial charge on any atom is -0.461 e. The van der Waals surface area contributed by atoms with E-state index >= 15 is 0 Å². The lowest BCUT2D eigenvalue weighted by Gasteiger charge is -2.09. The topological polar surface area (TPSA) is 52.3 Å². The predicted molar refractivity (Wildman–Crippen MR) is 85.4 cm³/mol. The third-order valence-electron chi connectivity index (χ3n) is 3.05. The van der Waals surface area contributed by atoms with Crippen molar-refractivity contribution in [2.45, 2.75) is 45.4 Å². The highest BCUT2D eigenvalue weighted by molar-refractivity contribution is 5.71. The van der Waals surface area contributed by atoms with Gasteiger partial charge in [-0.1, -0.05) is 43.2 Å². The second-order valence-electron chi connectivity index (χ2n) is 4.81. The molecule has 0 aliphatic carbocycles. The first kappa shape index (κ1) is 18.7. The number of unbranched alkanes of at least 4 members (excludes halogenated alkanes) is 3. The summed E-state index contributed by atoms with van der Waals surface area (Å²) in [7, 11) is 0.